The minimum absolute atomic E-state index is 0.225. The Balaban J connectivity index is 3.87. The van der Waals surface area contributed by atoms with Gasteiger partial charge < -0.3 is 29.9 Å². The quantitative estimate of drug-likeness (QED) is 0.151. The summed E-state index contributed by atoms with van der Waals surface area (Å²) in [6, 6.07) is 0. The summed E-state index contributed by atoms with van der Waals surface area (Å²) in [6.45, 7) is 2.14. The van der Waals surface area contributed by atoms with E-state index in [4.69, 9.17) is 14.6 Å². The number of hydrogen-bond donors (Lipinski definition) is 4. The van der Waals surface area contributed by atoms with Crippen LogP contribution in [0.5, 0.6) is 0 Å². The number of rotatable bonds is 21. The highest BCUT2D eigenvalue weighted by molar-refractivity contribution is 5.69. The summed E-state index contributed by atoms with van der Waals surface area (Å²) in [5.74, 6) is -1.21. The van der Waals surface area contributed by atoms with Gasteiger partial charge in [-0.25, -0.2) is 0 Å². The lowest BCUT2D eigenvalue weighted by atomic mass is 10.0. The van der Waals surface area contributed by atoms with Gasteiger partial charge in [0.25, 0.3) is 0 Å². The maximum absolute atomic E-state index is 11.9. The molecule has 0 aliphatic heterocycles. The number of aliphatic hydroxyl groups excluding tert-OH is 4. The second kappa shape index (κ2) is 20.4. The van der Waals surface area contributed by atoms with Crippen LogP contribution in [0.15, 0.2) is 0 Å². The summed E-state index contributed by atoms with van der Waals surface area (Å²) in [7, 11) is 0. The first-order valence-corrected chi connectivity index (χ1v) is 12.3. The Labute approximate surface area is 193 Å². The minimum atomic E-state index is -1.75. The zero-order valence-electron chi connectivity index (χ0n) is 20.0. The average Bonchev–Trinajstić information content (AvgIpc) is 2.77. The van der Waals surface area contributed by atoms with Gasteiger partial charge in [0.1, 0.15) is 24.9 Å². The maximum atomic E-state index is 11.9. The average molecular weight is 463 g/mol. The molecule has 0 fully saturated rings. The number of unbranched alkanes of at least 4 members (excludes halogenated alkanes) is 12. The first-order chi connectivity index (χ1) is 15.3. The van der Waals surface area contributed by atoms with Crippen molar-refractivity contribution in [2.75, 3.05) is 13.2 Å². The lowest BCUT2D eigenvalue weighted by Crippen LogP contribution is -2.49. The van der Waals surface area contributed by atoms with E-state index in [0.717, 1.165) is 26.2 Å². The Bertz CT molecular complexity index is 471. The molecule has 0 aliphatic carbocycles. The molecule has 0 aromatic heterocycles. The number of carbonyl (C=O) groups is 2. The van der Waals surface area contributed by atoms with Gasteiger partial charge in [0.2, 0.25) is 0 Å². The molecular weight excluding hydrogens is 416 g/mol. The van der Waals surface area contributed by atoms with Crippen LogP contribution in [0, 0.1) is 0 Å². The minimum Gasteiger partial charge on any atom is -0.462 e. The van der Waals surface area contributed by atoms with Crippen molar-refractivity contribution in [3.63, 3.8) is 0 Å². The van der Waals surface area contributed by atoms with Crippen molar-refractivity contribution in [1.29, 1.82) is 0 Å². The van der Waals surface area contributed by atoms with Gasteiger partial charge in [-0.1, -0.05) is 84.0 Å². The van der Waals surface area contributed by atoms with Gasteiger partial charge in [-0.3, -0.25) is 9.59 Å². The van der Waals surface area contributed by atoms with Crippen LogP contribution in [0.3, 0.4) is 0 Å². The molecule has 0 aliphatic rings. The van der Waals surface area contributed by atoms with Crippen LogP contribution >= 0.6 is 0 Å². The normalized spacial score (nSPS) is 15.1. The Morgan fingerprint density at radius 2 is 1.22 bits per heavy atom. The van der Waals surface area contributed by atoms with Gasteiger partial charge in [-0.15, -0.1) is 0 Å². The van der Waals surface area contributed by atoms with Crippen molar-refractivity contribution in [3.8, 4) is 0 Å². The van der Waals surface area contributed by atoms with E-state index in [9.17, 15) is 24.9 Å². The second-order valence-corrected chi connectivity index (χ2v) is 8.55. The van der Waals surface area contributed by atoms with Crippen molar-refractivity contribution in [3.05, 3.63) is 0 Å². The molecule has 0 amide bonds. The van der Waals surface area contributed by atoms with Gasteiger partial charge in [0.05, 0.1) is 6.61 Å². The number of hydrogen-bond acceptors (Lipinski definition) is 8. The number of aliphatic hydroxyl groups is 4. The SMILES string of the molecule is CCCCCCCCCCCCCCCC(=O)OC[C@H](OC(C)=O)[C@@H](O)[C@H](O)[C@H](O)CO. The van der Waals surface area contributed by atoms with Crippen LogP contribution in [0.2, 0.25) is 0 Å². The largest absolute Gasteiger partial charge is 0.462 e. The highest BCUT2D eigenvalue weighted by Crippen LogP contribution is 2.14. The standard InChI is InChI=1S/C24H46O8/c1-3-4-5-6-7-8-9-10-11-12-13-14-15-16-22(28)31-18-21(32-19(2)26)24(30)23(29)20(27)17-25/h20-21,23-25,27,29-30H,3-18H2,1-2H3/t20-,21+,23-,24-/m1/s1. The highest BCUT2D eigenvalue weighted by atomic mass is 16.6. The Morgan fingerprint density at radius 1 is 0.750 bits per heavy atom. The Hall–Kier alpha value is -1.22. The summed E-state index contributed by atoms with van der Waals surface area (Å²) in [4.78, 5) is 23.1. The van der Waals surface area contributed by atoms with E-state index in [-0.39, 0.29) is 6.42 Å². The third-order valence-electron chi connectivity index (χ3n) is 5.52. The molecule has 0 aromatic rings. The molecule has 0 spiro atoms. The van der Waals surface area contributed by atoms with Crippen molar-refractivity contribution in [2.24, 2.45) is 0 Å². The molecular formula is C24H46O8. The van der Waals surface area contributed by atoms with Gasteiger partial charge >= 0.3 is 11.9 Å². The topological polar surface area (TPSA) is 134 Å². The molecule has 0 radical (unpaired) electrons. The lowest BCUT2D eigenvalue weighted by Gasteiger charge is -2.28. The Morgan fingerprint density at radius 3 is 1.66 bits per heavy atom. The fourth-order valence-electron chi connectivity index (χ4n) is 3.51. The van der Waals surface area contributed by atoms with Crippen LogP contribution in [0.25, 0.3) is 0 Å². The smallest absolute Gasteiger partial charge is 0.305 e. The molecule has 4 N–H and O–H groups in total. The van der Waals surface area contributed by atoms with Crippen LogP contribution in [0.4, 0.5) is 0 Å². The predicted molar refractivity (Wildman–Crippen MR) is 122 cm³/mol. The van der Waals surface area contributed by atoms with Gasteiger partial charge in [0, 0.05) is 13.3 Å². The predicted octanol–water partition coefficient (Wildman–Crippen LogP) is 3.02. The van der Waals surface area contributed by atoms with E-state index in [1.165, 1.54) is 57.8 Å². The molecule has 0 saturated heterocycles. The van der Waals surface area contributed by atoms with E-state index in [0.29, 0.717) is 6.42 Å². The van der Waals surface area contributed by atoms with Crippen LogP contribution < -0.4 is 0 Å². The number of carbonyl (C=O) groups excluding carboxylic acids is 2. The molecule has 8 heteroatoms. The van der Waals surface area contributed by atoms with Crippen LogP contribution in [-0.4, -0.2) is 70.0 Å². The van der Waals surface area contributed by atoms with E-state index in [1.807, 2.05) is 0 Å². The first kappa shape index (κ1) is 30.8. The molecule has 190 valence electrons. The van der Waals surface area contributed by atoms with E-state index < -0.39 is 49.6 Å². The summed E-state index contributed by atoms with van der Waals surface area (Å²) in [6.07, 6.45) is 9.53. The van der Waals surface area contributed by atoms with Crippen LogP contribution in [0.1, 0.15) is 104 Å². The summed E-state index contributed by atoms with van der Waals surface area (Å²) in [5, 5.41) is 38.1. The number of esters is 2. The monoisotopic (exact) mass is 462 g/mol. The molecule has 0 unspecified atom stereocenters. The lowest BCUT2D eigenvalue weighted by molar-refractivity contribution is -0.176. The zero-order chi connectivity index (χ0) is 24.2. The van der Waals surface area contributed by atoms with E-state index in [1.54, 1.807) is 0 Å². The van der Waals surface area contributed by atoms with Gasteiger partial charge in [-0.2, -0.15) is 0 Å². The molecule has 8 nitrogen and oxygen atoms in total. The third kappa shape index (κ3) is 16.4. The van der Waals surface area contributed by atoms with Gasteiger partial charge in [0.15, 0.2) is 6.10 Å². The molecule has 32 heavy (non-hydrogen) atoms. The molecule has 0 heterocycles. The van der Waals surface area contributed by atoms with Crippen LogP contribution in [-0.2, 0) is 19.1 Å². The molecule has 0 bridgehead atoms. The van der Waals surface area contributed by atoms with Gasteiger partial charge in [-0.05, 0) is 6.42 Å². The molecule has 0 aromatic carbocycles. The highest BCUT2D eigenvalue weighted by Gasteiger charge is 2.34. The van der Waals surface area contributed by atoms with Crippen molar-refractivity contribution >= 4 is 11.9 Å². The summed E-state index contributed by atoms with van der Waals surface area (Å²) in [5.41, 5.74) is 0. The first-order valence-electron chi connectivity index (χ1n) is 12.3. The third-order valence-corrected chi connectivity index (χ3v) is 5.52. The van der Waals surface area contributed by atoms with Crippen molar-refractivity contribution in [1.82, 2.24) is 0 Å². The maximum Gasteiger partial charge on any atom is 0.305 e. The van der Waals surface area contributed by atoms with E-state index >= 15 is 0 Å². The van der Waals surface area contributed by atoms with Crippen molar-refractivity contribution < 1.29 is 39.5 Å². The Kier molecular flexibility index (Phi) is 19.6. The zero-order valence-corrected chi connectivity index (χ0v) is 20.0. The summed E-state index contributed by atoms with van der Waals surface area (Å²) < 4.78 is 9.95. The number of ether oxygens (including phenoxy) is 2. The fraction of sp³-hybridized carbons (Fsp3) is 0.917. The molecule has 0 rings (SSSR count). The summed E-state index contributed by atoms with van der Waals surface area (Å²) >= 11 is 0. The second-order valence-electron chi connectivity index (χ2n) is 8.55. The molecule has 0 saturated carbocycles. The fourth-order valence-corrected chi connectivity index (χ4v) is 3.51. The molecule has 4 atom stereocenters. The van der Waals surface area contributed by atoms with E-state index in [2.05, 4.69) is 6.92 Å². The van der Waals surface area contributed by atoms with Crippen molar-refractivity contribution in [2.45, 2.75) is 128 Å².